The quantitative estimate of drug-likeness (QED) is 0.672. The highest BCUT2D eigenvalue weighted by molar-refractivity contribution is 6.09. The Morgan fingerprint density at radius 1 is 1.17 bits per heavy atom. The van der Waals surface area contributed by atoms with Crippen LogP contribution in [0.3, 0.4) is 0 Å². The van der Waals surface area contributed by atoms with E-state index in [9.17, 15) is 10.1 Å². The maximum Gasteiger partial charge on any atom is 0.266 e. The van der Waals surface area contributed by atoms with E-state index in [1.807, 2.05) is 44.2 Å². The highest BCUT2D eigenvalue weighted by Gasteiger charge is 2.09. The summed E-state index contributed by atoms with van der Waals surface area (Å²) in [5, 5.41) is 11.9. The normalized spacial score (nSPS) is 10.7. The highest BCUT2D eigenvalue weighted by Crippen LogP contribution is 2.17. The van der Waals surface area contributed by atoms with Crippen LogP contribution in [0.25, 0.3) is 6.08 Å². The van der Waals surface area contributed by atoms with Crippen molar-refractivity contribution in [1.82, 2.24) is 0 Å². The van der Waals surface area contributed by atoms with Crippen LogP contribution in [-0.2, 0) is 4.79 Å². The van der Waals surface area contributed by atoms with E-state index in [0.29, 0.717) is 12.3 Å². The molecule has 0 aromatic heterocycles. The van der Waals surface area contributed by atoms with Gasteiger partial charge in [-0.25, -0.2) is 0 Å². The van der Waals surface area contributed by atoms with Crippen molar-refractivity contribution < 1.29 is 9.53 Å². The molecule has 0 saturated heterocycles. The maximum atomic E-state index is 12.2. The van der Waals surface area contributed by atoms with Crippen LogP contribution in [0.15, 0.2) is 54.1 Å². The summed E-state index contributed by atoms with van der Waals surface area (Å²) in [6.45, 7) is 4.48. The summed E-state index contributed by atoms with van der Waals surface area (Å²) < 4.78 is 5.35. The van der Waals surface area contributed by atoms with Crippen molar-refractivity contribution in [3.63, 3.8) is 0 Å². The predicted molar refractivity (Wildman–Crippen MR) is 91.0 cm³/mol. The number of rotatable bonds is 5. The van der Waals surface area contributed by atoms with Crippen molar-refractivity contribution in [3.05, 3.63) is 65.2 Å². The summed E-state index contributed by atoms with van der Waals surface area (Å²) in [7, 11) is 0. The molecule has 2 aromatic carbocycles. The third kappa shape index (κ3) is 4.72. The van der Waals surface area contributed by atoms with Gasteiger partial charge in [0, 0.05) is 5.69 Å². The molecule has 23 heavy (non-hydrogen) atoms. The predicted octanol–water partition coefficient (Wildman–Crippen LogP) is 3.94. The molecule has 1 amide bonds. The Kier molecular flexibility index (Phi) is 5.54. The number of nitriles is 1. The number of hydrogen-bond donors (Lipinski definition) is 1. The Labute approximate surface area is 136 Å². The van der Waals surface area contributed by atoms with Crippen molar-refractivity contribution in [2.75, 3.05) is 11.9 Å². The first kappa shape index (κ1) is 16.3. The number of carbonyl (C=O) groups is 1. The number of anilines is 1. The van der Waals surface area contributed by atoms with E-state index in [0.717, 1.165) is 16.9 Å². The Balaban J connectivity index is 2.11. The summed E-state index contributed by atoms with van der Waals surface area (Å²) in [5.41, 5.74) is 2.61. The van der Waals surface area contributed by atoms with Gasteiger partial charge in [0.05, 0.1) is 6.61 Å². The number of nitrogens with zero attached hydrogens (tertiary/aromatic N) is 1. The average molecular weight is 306 g/mol. The van der Waals surface area contributed by atoms with Crippen molar-refractivity contribution in [3.8, 4) is 11.8 Å². The van der Waals surface area contributed by atoms with E-state index >= 15 is 0 Å². The van der Waals surface area contributed by atoms with Gasteiger partial charge < -0.3 is 10.1 Å². The Morgan fingerprint density at radius 2 is 1.83 bits per heavy atom. The Bertz CT molecular complexity index is 738. The fourth-order valence-corrected chi connectivity index (χ4v) is 1.98. The smallest absolute Gasteiger partial charge is 0.266 e. The molecule has 4 nitrogen and oxygen atoms in total. The van der Waals surface area contributed by atoms with Crippen LogP contribution in [-0.4, -0.2) is 12.5 Å². The molecular formula is C19H18N2O2. The van der Waals surface area contributed by atoms with Crippen LogP contribution >= 0.6 is 0 Å². The van der Waals surface area contributed by atoms with Gasteiger partial charge >= 0.3 is 0 Å². The molecule has 0 bridgehead atoms. The molecule has 2 aromatic rings. The largest absolute Gasteiger partial charge is 0.494 e. The maximum absolute atomic E-state index is 12.2. The van der Waals surface area contributed by atoms with Crippen LogP contribution in [0, 0.1) is 18.3 Å². The lowest BCUT2D eigenvalue weighted by Gasteiger charge is -2.06. The fraction of sp³-hybridized carbons (Fsp3) is 0.158. The van der Waals surface area contributed by atoms with Gasteiger partial charge in [0.2, 0.25) is 0 Å². The number of carbonyl (C=O) groups excluding carboxylic acids is 1. The molecule has 0 unspecified atom stereocenters. The van der Waals surface area contributed by atoms with E-state index in [1.54, 1.807) is 30.3 Å². The standard InChI is InChI=1S/C19H18N2O2/c1-3-23-18-10-8-17(9-11-18)21-19(22)16(13-20)12-15-6-4-14(2)5-7-15/h4-12H,3H2,1-2H3,(H,21,22)/b16-12+. The van der Waals surface area contributed by atoms with Gasteiger partial charge in [-0.1, -0.05) is 29.8 Å². The molecule has 1 N–H and O–H groups in total. The molecule has 0 saturated carbocycles. The van der Waals surface area contributed by atoms with Crippen molar-refractivity contribution >= 4 is 17.7 Å². The van der Waals surface area contributed by atoms with Gasteiger partial charge in [-0.2, -0.15) is 5.26 Å². The van der Waals surface area contributed by atoms with Crippen molar-refractivity contribution in [2.45, 2.75) is 13.8 Å². The molecule has 116 valence electrons. The first-order valence-corrected chi connectivity index (χ1v) is 7.35. The fourth-order valence-electron chi connectivity index (χ4n) is 1.98. The highest BCUT2D eigenvalue weighted by atomic mass is 16.5. The molecule has 0 fully saturated rings. The number of aryl methyl sites for hydroxylation is 1. The second-order valence-electron chi connectivity index (χ2n) is 4.99. The molecule has 0 heterocycles. The molecular weight excluding hydrogens is 288 g/mol. The van der Waals surface area contributed by atoms with Gasteiger partial charge in [0.25, 0.3) is 5.91 Å². The number of benzene rings is 2. The average Bonchev–Trinajstić information content (AvgIpc) is 2.56. The zero-order chi connectivity index (χ0) is 16.7. The van der Waals surface area contributed by atoms with Gasteiger partial charge in [-0.15, -0.1) is 0 Å². The number of hydrogen-bond acceptors (Lipinski definition) is 3. The molecule has 0 atom stereocenters. The molecule has 4 heteroatoms. The van der Waals surface area contributed by atoms with Gasteiger partial charge in [-0.05, 0) is 49.8 Å². The Morgan fingerprint density at radius 3 is 2.39 bits per heavy atom. The third-order valence-corrected chi connectivity index (χ3v) is 3.18. The number of amides is 1. The van der Waals surface area contributed by atoms with Gasteiger partial charge in [0.15, 0.2) is 0 Å². The summed E-state index contributed by atoms with van der Waals surface area (Å²) in [5.74, 6) is 0.304. The minimum Gasteiger partial charge on any atom is -0.494 e. The van der Waals surface area contributed by atoms with Crippen LogP contribution in [0.1, 0.15) is 18.1 Å². The van der Waals surface area contributed by atoms with Crippen molar-refractivity contribution in [2.24, 2.45) is 0 Å². The molecule has 0 aliphatic carbocycles. The van der Waals surface area contributed by atoms with E-state index in [4.69, 9.17) is 4.74 Å². The topological polar surface area (TPSA) is 62.1 Å². The zero-order valence-electron chi connectivity index (χ0n) is 13.2. The molecule has 2 rings (SSSR count). The molecule has 0 radical (unpaired) electrons. The number of ether oxygens (including phenoxy) is 1. The van der Waals surface area contributed by atoms with Crippen LogP contribution < -0.4 is 10.1 Å². The number of nitrogens with one attached hydrogen (secondary N) is 1. The van der Waals surface area contributed by atoms with Crippen LogP contribution in [0.5, 0.6) is 5.75 Å². The second kappa shape index (κ2) is 7.81. The lowest BCUT2D eigenvalue weighted by atomic mass is 10.1. The van der Waals surface area contributed by atoms with Gasteiger partial charge in [0.1, 0.15) is 17.4 Å². The minimum atomic E-state index is -0.433. The SMILES string of the molecule is CCOc1ccc(NC(=O)/C(C#N)=C/c2ccc(C)cc2)cc1. The summed E-state index contributed by atoms with van der Waals surface area (Å²) >= 11 is 0. The summed E-state index contributed by atoms with van der Waals surface area (Å²) in [6.07, 6.45) is 1.57. The van der Waals surface area contributed by atoms with E-state index in [2.05, 4.69) is 5.32 Å². The molecule has 0 aliphatic heterocycles. The summed E-state index contributed by atoms with van der Waals surface area (Å²) in [6, 6.07) is 16.6. The first-order chi connectivity index (χ1) is 11.1. The first-order valence-electron chi connectivity index (χ1n) is 7.35. The lowest BCUT2D eigenvalue weighted by molar-refractivity contribution is -0.112. The van der Waals surface area contributed by atoms with Crippen LogP contribution in [0.4, 0.5) is 5.69 Å². The van der Waals surface area contributed by atoms with E-state index in [1.165, 1.54) is 0 Å². The third-order valence-electron chi connectivity index (χ3n) is 3.18. The minimum absolute atomic E-state index is 0.0581. The van der Waals surface area contributed by atoms with E-state index in [-0.39, 0.29) is 5.57 Å². The second-order valence-corrected chi connectivity index (χ2v) is 4.99. The monoisotopic (exact) mass is 306 g/mol. The van der Waals surface area contributed by atoms with E-state index < -0.39 is 5.91 Å². The molecule has 0 aliphatic rings. The molecule has 0 spiro atoms. The van der Waals surface area contributed by atoms with Crippen molar-refractivity contribution in [1.29, 1.82) is 5.26 Å². The van der Waals surface area contributed by atoms with Gasteiger partial charge in [-0.3, -0.25) is 4.79 Å². The Hall–Kier alpha value is -3.06. The zero-order valence-corrected chi connectivity index (χ0v) is 13.2. The lowest BCUT2D eigenvalue weighted by Crippen LogP contribution is -2.13. The summed E-state index contributed by atoms with van der Waals surface area (Å²) in [4.78, 5) is 12.2. The van der Waals surface area contributed by atoms with Crippen LogP contribution in [0.2, 0.25) is 0 Å².